The molecule has 0 fully saturated rings. The molecular weight excluding hydrogens is 296 g/mol. The molecule has 0 radical (unpaired) electrons. The smallest absolute Gasteiger partial charge is 0.191 e. The molecule has 5 nitrogen and oxygen atoms in total. The summed E-state index contributed by atoms with van der Waals surface area (Å²) in [6.07, 6.45) is 0. The maximum absolute atomic E-state index is 10.5. The molecule has 0 aliphatic heterocycles. The Labute approximate surface area is 138 Å². The highest BCUT2D eigenvalue weighted by Crippen LogP contribution is 2.25. The van der Waals surface area contributed by atoms with Gasteiger partial charge in [-0.05, 0) is 46.1 Å². The summed E-state index contributed by atoms with van der Waals surface area (Å²) in [5.74, 6) is 0.732. The van der Waals surface area contributed by atoms with Crippen LogP contribution < -0.4 is 16.0 Å². The lowest BCUT2D eigenvalue weighted by molar-refractivity contribution is 0.0711. The zero-order valence-electron chi connectivity index (χ0n) is 14.4. The molecular formula is C16H30N4OS. The van der Waals surface area contributed by atoms with Gasteiger partial charge in [-0.15, -0.1) is 11.3 Å². The number of hydrogen-bond acceptors (Lipinski definition) is 4. The van der Waals surface area contributed by atoms with Crippen molar-refractivity contribution >= 4 is 17.3 Å². The first-order valence-electron chi connectivity index (χ1n) is 7.78. The first-order chi connectivity index (χ1) is 10.2. The number of rotatable bonds is 7. The van der Waals surface area contributed by atoms with Gasteiger partial charge >= 0.3 is 0 Å². The molecule has 0 spiro atoms. The van der Waals surface area contributed by atoms with E-state index in [0.717, 1.165) is 30.5 Å². The standard InChI is InChI=1S/C16H30N4OS/c1-6-17-14(18-9-10-20-15(2,3)4)19-12-16(5,21)13-8-7-11-22-13/h7-8,11,20-21H,6,9-10,12H2,1-5H3,(H2,17,18,19). The first-order valence-corrected chi connectivity index (χ1v) is 8.66. The number of thiophene rings is 1. The van der Waals surface area contributed by atoms with Gasteiger partial charge in [-0.2, -0.15) is 0 Å². The maximum atomic E-state index is 10.5. The SMILES string of the molecule is CCNC(=NCC(C)(O)c1cccs1)NCCNC(C)(C)C. The lowest BCUT2D eigenvalue weighted by atomic mass is 10.1. The molecule has 1 aromatic heterocycles. The molecule has 1 heterocycles. The van der Waals surface area contributed by atoms with Crippen molar-refractivity contribution in [1.29, 1.82) is 0 Å². The fourth-order valence-electron chi connectivity index (χ4n) is 1.86. The van der Waals surface area contributed by atoms with Crippen LogP contribution in [0.4, 0.5) is 0 Å². The monoisotopic (exact) mass is 326 g/mol. The molecule has 1 aromatic rings. The predicted molar refractivity (Wildman–Crippen MR) is 95.6 cm³/mol. The van der Waals surface area contributed by atoms with Crippen LogP contribution in [0.5, 0.6) is 0 Å². The lowest BCUT2D eigenvalue weighted by Gasteiger charge is -2.22. The number of nitrogens with one attached hydrogen (secondary N) is 3. The van der Waals surface area contributed by atoms with Crippen molar-refractivity contribution in [2.45, 2.75) is 45.8 Å². The molecule has 0 saturated carbocycles. The molecule has 0 saturated heterocycles. The van der Waals surface area contributed by atoms with E-state index in [0.29, 0.717) is 6.54 Å². The van der Waals surface area contributed by atoms with Gasteiger partial charge in [0.25, 0.3) is 0 Å². The van der Waals surface area contributed by atoms with Gasteiger partial charge < -0.3 is 21.1 Å². The third kappa shape index (κ3) is 7.24. The van der Waals surface area contributed by atoms with Crippen LogP contribution in [0.15, 0.2) is 22.5 Å². The summed E-state index contributed by atoms with van der Waals surface area (Å²) in [5, 5.41) is 22.4. The summed E-state index contributed by atoms with van der Waals surface area (Å²) in [7, 11) is 0. The minimum absolute atomic E-state index is 0.111. The van der Waals surface area contributed by atoms with Crippen LogP contribution >= 0.6 is 11.3 Å². The quantitative estimate of drug-likeness (QED) is 0.351. The normalized spacial score (nSPS) is 15.5. The van der Waals surface area contributed by atoms with Gasteiger partial charge in [-0.25, -0.2) is 4.99 Å². The van der Waals surface area contributed by atoms with Gasteiger partial charge in [-0.1, -0.05) is 6.07 Å². The van der Waals surface area contributed by atoms with E-state index < -0.39 is 5.60 Å². The fraction of sp³-hybridized carbons (Fsp3) is 0.688. The van der Waals surface area contributed by atoms with E-state index in [1.807, 2.05) is 24.4 Å². The van der Waals surface area contributed by atoms with Crippen LogP contribution in [-0.2, 0) is 5.60 Å². The van der Waals surface area contributed by atoms with Gasteiger partial charge in [0.15, 0.2) is 5.96 Å². The Morgan fingerprint density at radius 3 is 2.50 bits per heavy atom. The molecule has 0 amide bonds. The Morgan fingerprint density at radius 1 is 1.23 bits per heavy atom. The molecule has 1 atom stereocenters. The third-order valence-electron chi connectivity index (χ3n) is 3.01. The van der Waals surface area contributed by atoms with Crippen molar-refractivity contribution in [2.75, 3.05) is 26.2 Å². The summed E-state index contributed by atoms with van der Waals surface area (Å²) in [6.45, 7) is 13.0. The highest BCUT2D eigenvalue weighted by Gasteiger charge is 2.23. The summed E-state index contributed by atoms with van der Waals surface area (Å²) in [6, 6.07) is 3.88. The maximum Gasteiger partial charge on any atom is 0.191 e. The van der Waals surface area contributed by atoms with E-state index in [1.165, 1.54) is 0 Å². The van der Waals surface area contributed by atoms with Crippen molar-refractivity contribution in [3.8, 4) is 0 Å². The first kappa shape index (κ1) is 18.9. The molecule has 1 rings (SSSR count). The van der Waals surface area contributed by atoms with Crippen LogP contribution in [0.3, 0.4) is 0 Å². The van der Waals surface area contributed by atoms with Crippen molar-refractivity contribution in [3.63, 3.8) is 0 Å². The molecule has 4 N–H and O–H groups in total. The summed E-state index contributed by atoms with van der Waals surface area (Å²) in [5.41, 5.74) is -0.819. The Morgan fingerprint density at radius 2 is 1.95 bits per heavy atom. The molecule has 22 heavy (non-hydrogen) atoms. The van der Waals surface area contributed by atoms with Crippen LogP contribution in [0.2, 0.25) is 0 Å². The third-order valence-corrected chi connectivity index (χ3v) is 4.14. The summed E-state index contributed by atoms with van der Waals surface area (Å²) in [4.78, 5) is 5.43. The topological polar surface area (TPSA) is 68.7 Å². The zero-order chi connectivity index (χ0) is 16.6. The van der Waals surface area contributed by atoms with E-state index in [2.05, 4.69) is 41.7 Å². The number of nitrogens with zero attached hydrogens (tertiary/aromatic N) is 1. The van der Waals surface area contributed by atoms with Crippen molar-refractivity contribution in [3.05, 3.63) is 22.4 Å². The number of aliphatic hydroxyl groups is 1. The van der Waals surface area contributed by atoms with E-state index in [4.69, 9.17) is 0 Å². The highest BCUT2D eigenvalue weighted by atomic mass is 32.1. The van der Waals surface area contributed by atoms with Gasteiger partial charge in [-0.3, -0.25) is 0 Å². The predicted octanol–water partition coefficient (Wildman–Crippen LogP) is 1.90. The van der Waals surface area contributed by atoms with Crippen LogP contribution in [0.1, 0.15) is 39.5 Å². The van der Waals surface area contributed by atoms with Crippen LogP contribution in [-0.4, -0.2) is 42.8 Å². The second-order valence-electron chi connectivity index (χ2n) is 6.55. The largest absolute Gasteiger partial charge is 0.383 e. The number of guanidine groups is 1. The van der Waals surface area contributed by atoms with E-state index in [-0.39, 0.29) is 5.54 Å². The second-order valence-corrected chi connectivity index (χ2v) is 7.50. The zero-order valence-corrected chi connectivity index (χ0v) is 15.2. The number of hydrogen-bond donors (Lipinski definition) is 4. The van der Waals surface area contributed by atoms with E-state index >= 15 is 0 Å². The van der Waals surface area contributed by atoms with E-state index in [1.54, 1.807) is 18.3 Å². The van der Waals surface area contributed by atoms with Gasteiger partial charge in [0.05, 0.1) is 6.54 Å². The van der Waals surface area contributed by atoms with Crippen molar-refractivity contribution in [2.24, 2.45) is 4.99 Å². The molecule has 1 unspecified atom stereocenters. The van der Waals surface area contributed by atoms with E-state index in [9.17, 15) is 5.11 Å². The molecule has 0 bridgehead atoms. The Balaban J connectivity index is 2.51. The Bertz CT molecular complexity index is 449. The Kier molecular flexibility index (Phi) is 7.32. The van der Waals surface area contributed by atoms with Crippen LogP contribution in [0.25, 0.3) is 0 Å². The molecule has 0 aliphatic carbocycles. The second kappa shape index (κ2) is 8.50. The van der Waals surface area contributed by atoms with Gasteiger partial charge in [0.2, 0.25) is 0 Å². The molecule has 0 aliphatic rings. The summed E-state index contributed by atoms with van der Waals surface area (Å²) >= 11 is 1.55. The van der Waals surface area contributed by atoms with Crippen molar-refractivity contribution < 1.29 is 5.11 Å². The van der Waals surface area contributed by atoms with Crippen molar-refractivity contribution in [1.82, 2.24) is 16.0 Å². The van der Waals surface area contributed by atoms with Crippen LogP contribution in [0, 0.1) is 0 Å². The molecule has 0 aromatic carbocycles. The number of aliphatic imine (C=N–C) groups is 1. The summed E-state index contributed by atoms with van der Waals surface area (Å²) < 4.78 is 0. The fourth-order valence-corrected chi connectivity index (χ4v) is 2.64. The minimum atomic E-state index is -0.930. The molecule has 126 valence electrons. The lowest BCUT2D eigenvalue weighted by Crippen LogP contribution is -2.45. The highest BCUT2D eigenvalue weighted by molar-refractivity contribution is 7.10. The molecule has 6 heteroatoms. The van der Waals surface area contributed by atoms with Gasteiger partial charge in [0, 0.05) is 30.1 Å². The minimum Gasteiger partial charge on any atom is -0.383 e. The Hall–Kier alpha value is -1.11. The van der Waals surface area contributed by atoms with Gasteiger partial charge in [0.1, 0.15) is 5.60 Å². The average Bonchev–Trinajstić information content (AvgIpc) is 2.94. The average molecular weight is 327 g/mol.